The van der Waals surface area contributed by atoms with Gasteiger partial charge in [-0.1, -0.05) is 12.8 Å². The molecule has 8 nitrogen and oxygen atoms in total. The number of benzene rings is 1. The summed E-state index contributed by atoms with van der Waals surface area (Å²) in [7, 11) is -4.41. The Kier molecular flexibility index (Phi) is 7.06. The number of anilines is 1. The number of nitrogens with one attached hydrogen (secondary N) is 1. The number of nitrogens with zero attached hydrogens (tertiary/aromatic N) is 3. The lowest BCUT2D eigenvalue weighted by atomic mass is 10.1. The van der Waals surface area contributed by atoms with E-state index in [0.717, 1.165) is 31.7 Å². The molecule has 4 rings (SSSR count). The molecule has 0 unspecified atom stereocenters. The largest absolute Gasteiger partial charge is 0.511 e. The molecule has 1 atom stereocenters. The summed E-state index contributed by atoms with van der Waals surface area (Å²) < 4.78 is 92.5. The molecule has 1 aliphatic heterocycles. The Hall–Kier alpha value is -2.38. The van der Waals surface area contributed by atoms with E-state index in [9.17, 15) is 21.6 Å². The molecule has 188 valence electrons. The van der Waals surface area contributed by atoms with E-state index in [0.29, 0.717) is 10.00 Å². The highest BCUT2D eigenvalue weighted by molar-refractivity contribution is 7.89. The van der Waals surface area contributed by atoms with E-state index in [-0.39, 0.29) is 36.3 Å². The van der Waals surface area contributed by atoms with Gasteiger partial charge in [0.15, 0.2) is 0 Å². The van der Waals surface area contributed by atoms with Gasteiger partial charge in [-0.2, -0.15) is 17.5 Å². The molecule has 1 N–H and O–H groups in total. The normalized spacial score (nSPS) is 20.4. The molecule has 0 bridgehead atoms. The van der Waals surface area contributed by atoms with Crippen molar-refractivity contribution in [3.8, 4) is 5.75 Å². The van der Waals surface area contributed by atoms with E-state index >= 15 is 4.39 Å². The van der Waals surface area contributed by atoms with Crippen LogP contribution in [-0.4, -0.2) is 60.6 Å². The summed E-state index contributed by atoms with van der Waals surface area (Å²) >= 11 is 0. The lowest BCUT2D eigenvalue weighted by Crippen LogP contribution is -2.49. The zero-order chi connectivity index (χ0) is 24.5. The predicted molar refractivity (Wildman–Crippen MR) is 115 cm³/mol. The number of ether oxygens (including phenoxy) is 2. The van der Waals surface area contributed by atoms with E-state index in [1.54, 1.807) is 4.90 Å². The molecule has 1 fully saturated rings. The fraction of sp³-hybridized carbons (Fsp3) is 0.571. The van der Waals surface area contributed by atoms with Gasteiger partial charge in [0.05, 0.1) is 50.1 Å². The number of sulfonamides is 1. The molecule has 2 aromatic rings. The summed E-state index contributed by atoms with van der Waals surface area (Å²) in [6, 6.07) is 1.53. The molecule has 0 saturated heterocycles. The molecule has 1 aliphatic carbocycles. The molecule has 2 heterocycles. The summed E-state index contributed by atoms with van der Waals surface area (Å²) in [6.45, 7) is -1.26. The average molecular weight is 507 g/mol. The van der Waals surface area contributed by atoms with Gasteiger partial charge in [0.2, 0.25) is 0 Å². The van der Waals surface area contributed by atoms with E-state index in [4.69, 9.17) is 9.47 Å². The number of H-pyrrole nitrogens is 1. The van der Waals surface area contributed by atoms with Crippen LogP contribution in [0.15, 0.2) is 24.7 Å². The maximum absolute atomic E-state index is 15.3. The first kappa shape index (κ1) is 24.7. The quantitative estimate of drug-likeness (QED) is 0.578. The van der Waals surface area contributed by atoms with Gasteiger partial charge in [-0.05, 0) is 25.0 Å². The SMILES string of the molecule is COc1ccc(F)c2c1CN(S(=O)(=O)C(F)(F)F)C[C@@H](COC1CCCC1)N2Cc1cnc[nH]1. The van der Waals surface area contributed by atoms with Crippen LogP contribution in [0.5, 0.6) is 5.75 Å². The van der Waals surface area contributed by atoms with Crippen molar-refractivity contribution < 1.29 is 35.5 Å². The Balaban J connectivity index is 1.81. The van der Waals surface area contributed by atoms with Crippen LogP contribution in [-0.2, 0) is 27.8 Å². The molecule has 13 heteroatoms. The third-order valence-corrected chi connectivity index (χ3v) is 7.78. The van der Waals surface area contributed by atoms with E-state index in [1.165, 1.54) is 25.7 Å². The van der Waals surface area contributed by atoms with Crippen molar-refractivity contribution in [3.05, 3.63) is 41.7 Å². The topological polar surface area (TPSA) is 87.8 Å². The van der Waals surface area contributed by atoms with Crippen LogP contribution in [0.1, 0.15) is 36.9 Å². The number of fused-ring (bicyclic) bond motifs is 1. The molecule has 0 amide bonds. The standard InChI is InChI=1S/C21H26F4N4O4S/c1-32-19-7-6-18(22)20-17(19)11-28(34(30,31)21(23,24)25)10-15(12-33-16-4-2-3-5-16)29(20)9-14-8-26-13-27-14/h6-8,13,15-16H,2-5,9-12H2,1H3,(H,26,27)/t15-/m0/s1. The number of halogens is 4. The second-order valence-corrected chi connectivity index (χ2v) is 10.3. The number of hydrogen-bond acceptors (Lipinski definition) is 6. The van der Waals surface area contributed by atoms with Crippen LogP contribution in [0.25, 0.3) is 0 Å². The second-order valence-electron chi connectivity index (χ2n) is 8.42. The first-order valence-corrected chi connectivity index (χ1v) is 12.3. The van der Waals surface area contributed by atoms with E-state index in [1.807, 2.05) is 0 Å². The fourth-order valence-corrected chi connectivity index (χ4v) is 5.50. The Morgan fingerprint density at radius 2 is 1.97 bits per heavy atom. The van der Waals surface area contributed by atoms with Gasteiger partial charge in [-0.15, -0.1) is 0 Å². The minimum Gasteiger partial charge on any atom is -0.496 e. The van der Waals surface area contributed by atoms with Crippen molar-refractivity contribution in [1.82, 2.24) is 14.3 Å². The zero-order valence-electron chi connectivity index (χ0n) is 18.5. The van der Waals surface area contributed by atoms with Gasteiger partial charge < -0.3 is 19.4 Å². The second kappa shape index (κ2) is 9.70. The third-order valence-electron chi connectivity index (χ3n) is 6.24. The highest BCUT2D eigenvalue weighted by atomic mass is 32.2. The van der Waals surface area contributed by atoms with Gasteiger partial charge >= 0.3 is 15.5 Å². The molecule has 2 aliphatic rings. The van der Waals surface area contributed by atoms with Crippen molar-refractivity contribution in [2.24, 2.45) is 0 Å². The lowest BCUT2D eigenvalue weighted by molar-refractivity contribution is -0.0495. The summed E-state index contributed by atoms with van der Waals surface area (Å²) in [4.78, 5) is 8.41. The number of imidazole rings is 1. The summed E-state index contributed by atoms with van der Waals surface area (Å²) in [5.41, 5.74) is -4.94. The van der Waals surface area contributed by atoms with Crippen LogP contribution in [0.4, 0.5) is 23.2 Å². The number of aromatic amines is 1. The summed E-state index contributed by atoms with van der Waals surface area (Å²) in [5, 5.41) is 0. The maximum Gasteiger partial charge on any atom is 0.511 e. The predicted octanol–water partition coefficient (Wildman–Crippen LogP) is 3.56. The summed E-state index contributed by atoms with van der Waals surface area (Å²) in [5.74, 6) is -0.613. The maximum atomic E-state index is 15.3. The number of hydrogen-bond donors (Lipinski definition) is 1. The molecule has 0 spiro atoms. The number of rotatable bonds is 7. The minimum absolute atomic E-state index is 0.0122. The number of alkyl halides is 3. The summed E-state index contributed by atoms with van der Waals surface area (Å²) in [6.07, 6.45) is 6.47. The van der Waals surface area contributed by atoms with Crippen LogP contribution in [0.3, 0.4) is 0 Å². The Labute approximate surface area is 194 Å². The van der Waals surface area contributed by atoms with E-state index in [2.05, 4.69) is 9.97 Å². The Morgan fingerprint density at radius 1 is 1.24 bits per heavy atom. The monoisotopic (exact) mass is 506 g/mol. The molecule has 1 saturated carbocycles. The van der Waals surface area contributed by atoms with Crippen molar-refractivity contribution in [2.45, 2.75) is 56.4 Å². The van der Waals surface area contributed by atoms with Crippen molar-refractivity contribution in [1.29, 1.82) is 0 Å². The molecular weight excluding hydrogens is 480 g/mol. The lowest BCUT2D eigenvalue weighted by Gasteiger charge is -2.34. The third kappa shape index (κ3) is 4.86. The first-order chi connectivity index (χ1) is 16.1. The number of aromatic nitrogens is 2. The van der Waals surface area contributed by atoms with Crippen LogP contribution in [0, 0.1) is 5.82 Å². The van der Waals surface area contributed by atoms with Crippen LogP contribution in [0.2, 0.25) is 0 Å². The average Bonchev–Trinajstić information content (AvgIpc) is 3.45. The number of methoxy groups -OCH3 is 1. The first-order valence-electron chi connectivity index (χ1n) is 10.9. The van der Waals surface area contributed by atoms with Gasteiger partial charge in [0.25, 0.3) is 0 Å². The molecular formula is C21H26F4N4O4S. The molecule has 0 radical (unpaired) electrons. The van der Waals surface area contributed by atoms with Gasteiger partial charge in [-0.25, -0.2) is 17.8 Å². The fourth-order valence-electron chi connectivity index (χ4n) is 4.54. The molecule has 1 aromatic heterocycles. The van der Waals surface area contributed by atoms with Crippen LogP contribution < -0.4 is 9.64 Å². The zero-order valence-corrected chi connectivity index (χ0v) is 19.3. The van der Waals surface area contributed by atoms with Gasteiger partial charge in [0, 0.05) is 24.8 Å². The molecule has 1 aromatic carbocycles. The van der Waals surface area contributed by atoms with E-state index < -0.39 is 40.5 Å². The Morgan fingerprint density at radius 3 is 2.59 bits per heavy atom. The van der Waals surface area contributed by atoms with Gasteiger partial charge in [-0.3, -0.25) is 0 Å². The smallest absolute Gasteiger partial charge is 0.496 e. The van der Waals surface area contributed by atoms with Crippen molar-refractivity contribution in [3.63, 3.8) is 0 Å². The Bertz CT molecular complexity index is 1090. The highest BCUT2D eigenvalue weighted by Crippen LogP contribution is 2.40. The highest BCUT2D eigenvalue weighted by Gasteiger charge is 2.52. The van der Waals surface area contributed by atoms with Crippen molar-refractivity contribution in [2.75, 3.05) is 25.2 Å². The van der Waals surface area contributed by atoms with Gasteiger partial charge in [0.1, 0.15) is 11.6 Å². The van der Waals surface area contributed by atoms with Crippen LogP contribution >= 0.6 is 0 Å². The molecule has 34 heavy (non-hydrogen) atoms. The minimum atomic E-state index is -5.71. The van der Waals surface area contributed by atoms with Crippen molar-refractivity contribution >= 4 is 15.7 Å².